The average Bonchev–Trinajstić information content (AvgIpc) is 3.40. The lowest BCUT2D eigenvalue weighted by Gasteiger charge is -2.44. The summed E-state index contributed by atoms with van der Waals surface area (Å²) >= 11 is 5.05. The van der Waals surface area contributed by atoms with Gasteiger partial charge in [0.25, 0.3) is 0 Å². The van der Waals surface area contributed by atoms with Crippen molar-refractivity contribution in [2.45, 2.75) is 96.2 Å². The van der Waals surface area contributed by atoms with Crippen molar-refractivity contribution < 1.29 is 48.1 Å². The summed E-state index contributed by atoms with van der Waals surface area (Å²) in [7, 11) is 0. The number of benzene rings is 1. The second-order valence-corrected chi connectivity index (χ2v) is 16.8. The molecule has 4 N–H and O–H groups in total. The number of hydrogen-bond acceptors (Lipinski definition) is 12. The minimum atomic E-state index is -1.18. The van der Waals surface area contributed by atoms with Crippen LogP contribution in [0.5, 0.6) is 0 Å². The number of carbonyl (C=O) groups is 6. The molecule has 3 amide bonds. The normalized spacial score (nSPS) is 29.4. The largest absolute Gasteiger partial charge is 0.511 e. The third-order valence-corrected chi connectivity index (χ3v) is 12.7. The van der Waals surface area contributed by atoms with Crippen LogP contribution in [0.4, 0.5) is 4.79 Å². The number of nitrogens with zero attached hydrogens (tertiary/aromatic N) is 2. The number of alkyl halides is 1. The van der Waals surface area contributed by atoms with Gasteiger partial charge in [-0.25, -0.2) is 14.4 Å². The van der Waals surface area contributed by atoms with E-state index in [2.05, 4.69) is 32.6 Å². The number of thioether (sulfide) groups is 2. The van der Waals surface area contributed by atoms with Crippen LogP contribution in [0.15, 0.2) is 30.3 Å². The van der Waals surface area contributed by atoms with Gasteiger partial charge < -0.3 is 40.2 Å². The van der Waals surface area contributed by atoms with Crippen LogP contribution in [0.2, 0.25) is 0 Å². The highest BCUT2D eigenvalue weighted by Crippen LogP contribution is 2.53. The molecule has 252 valence electrons. The lowest BCUT2D eigenvalue weighted by molar-refractivity contribution is -0.180. The third-order valence-electron chi connectivity index (χ3n) is 7.82. The second kappa shape index (κ2) is 13.8. The number of carboxylic acids is 1. The molecule has 0 bridgehead atoms. The Labute approximate surface area is 288 Å². The van der Waals surface area contributed by atoms with Crippen molar-refractivity contribution in [3.05, 3.63) is 35.9 Å². The van der Waals surface area contributed by atoms with Crippen molar-refractivity contribution in [2.24, 2.45) is 5.73 Å². The fraction of sp³-hybridized carbons (Fsp3) is 0.586. The molecule has 4 saturated heterocycles. The SMILES string of the molecule is CC1(C)S[C@@H]2[C@H](I)C(=O)N2[C@H]1C(=O)O.CCOC(=O)OC(C)OC(=O)[C@@H]1N2C(=O)[C@@H](NC(=O)[C@H](N)c3ccccc3)[C@H]2SC1(C)C. The molecule has 1 aromatic carbocycles. The molecule has 4 aliphatic rings. The van der Waals surface area contributed by atoms with Gasteiger partial charge in [-0.15, -0.1) is 23.5 Å². The molecular weight excluding hydrogens is 755 g/mol. The van der Waals surface area contributed by atoms with Gasteiger partial charge in [0, 0.05) is 16.4 Å². The van der Waals surface area contributed by atoms with Crippen LogP contribution in [0.25, 0.3) is 0 Å². The number of aliphatic carboxylic acids is 1. The summed E-state index contributed by atoms with van der Waals surface area (Å²) in [5.41, 5.74) is 6.65. The van der Waals surface area contributed by atoms with Gasteiger partial charge >= 0.3 is 18.1 Å². The van der Waals surface area contributed by atoms with Crippen molar-refractivity contribution in [1.29, 1.82) is 0 Å². The molecule has 4 heterocycles. The fourth-order valence-electron chi connectivity index (χ4n) is 5.69. The molecular formula is C29H37IN4O10S2. The first-order chi connectivity index (χ1) is 21.4. The number of β-lactam (4-membered cyclic amide) rings is 2. The Hall–Kier alpha value is -2.77. The van der Waals surface area contributed by atoms with Crippen LogP contribution in [0.3, 0.4) is 0 Å². The van der Waals surface area contributed by atoms with Gasteiger partial charge in [-0.2, -0.15) is 0 Å². The maximum absolute atomic E-state index is 12.8. The highest BCUT2D eigenvalue weighted by molar-refractivity contribution is 14.1. The molecule has 4 aliphatic heterocycles. The second-order valence-electron chi connectivity index (χ2n) is 11.9. The summed E-state index contributed by atoms with van der Waals surface area (Å²) in [6.07, 6.45) is -2.14. The predicted octanol–water partition coefficient (Wildman–Crippen LogP) is 2.23. The number of esters is 1. The van der Waals surface area contributed by atoms with Gasteiger partial charge in [0.15, 0.2) is 0 Å². The van der Waals surface area contributed by atoms with Gasteiger partial charge in [0.1, 0.15) is 38.8 Å². The molecule has 0 saturated carbocycles. The van der Waals surface area contributed by atoms with Gasteiger partial charge in [-0.05, 0) is 40.2 Å². The number of nitrogens with two attached hydrogens (primary N) is 1. The summed E-state index contributed by atoms with van der Waals surface area (Å²) in [5, 5.41) is 11.4. The molecule has 1 unspecified atom stereocenters. The van der Waals surface area contributed by atoms with E-state index in [9.17, 15) is 28.8 Å². The van der Waals surface area contributed by atoms with Gasteiger partial charge in [0.2, 0.25) is 24.0 Å². The molecule has 0 radical (unpaired) electrons. The minimum Gasteiger partial charge on any atom is -0.480 e. The van der Waals surface area contributed by atoms with E-state index >= 15 is 0 Å². The Balaban J connectivity index is 0.000000284. The zero-order valence-electron chi connectivity index (χ0n) is 26.0. The molecule has 1 aromatic rings. The van der Waals surface area contributed by atoms with Crippen molar-refractivity contribution >= 4 is 81.9 Å². The van der Waals surface area contributed by atoms with Gasteiger partial charge in [-0.1, -0.05) is 52.9 Å². The number of nitrogens with one attached hydrogen (secondary N) is 1. The molecule has 17 heteroatoms. The maximum Gasteiger partial charge on any atom is 0.511 e. The Kier molecular flexibility index (Phi) is 10.8. The third kappa shape index (κ3) is 6.92. The highest BCUT2D eigenvalue weighted by atomic mass is 127. The molecule has 0 aromatic heterocycles. The monoisotopic (exact) mass is 792 g/mol. The molecule has 14 nitrogen and oxygen atoms in total. The number of rotatable bonds is 8. The van der Waals surface area contributed by atoms with E-state index in [0.29, 0.717) is 5.56 Å². The van der Waals surface area contributed by atoms with Crippen LogP contribution < -0.4 is 11.1 Å². The van der Waals surface area contributed by atoms with Crippen molar-refractivity contribution in [2.75, 3.05) is 6.61 Å². The standard InChI is InChI=1S/C21H27N3O7S.C8H10INO3S/c1-5-29-20(28)31-11(2)30-19(27)15-21(3,4)32-18-14(17(26)24(15)18)23-16(25)13(22)12-9-7-6-8-10-12;1-8(2)4(7(12)13)10-5(11)3(9)6(10)14-8/h6-11,13-15,18H,5,22H2,1-4H3,(H,23,25);3-4,6H,1-2H3,(H,12,13)/t11?,13-,14-,15+,18-;3-,4+,6-/m11/s1. The van der Waals surface area contributed by atoms with E-state index in [0.717, 1.165) is 0 Å². The molecule has 5 rings (SSSR count). The first kappa shape index (κ1) is 36.1. The number of fused-ring (bicyclic) bond motifs is 2. The number of ether oxygens (including phenoxy) is 3. The van der Waals surface area contributed by atoms with Crippen LogP contribution in [-0.2, 0) is 38.2 Å². The van der Waals surface area contributed by atoms with Crippen LogP contribution in [-0.4, -0.2) is 106 Å². The lowest BCUT2D eigenvalue weighted by Crippen LogP contribution is -2.71. The summed E-state index contributed by atoms with van der Waals surface area (Å²) in [6.45, 7) is 10.5. The Morgan fingerprint density at radius 3 is 2.13 bits per heavy atom. The first-order valence-electron chi connectivity index (χ1n) is 14.4. The smallest absolute Gasteiger partial charge is 0.480 e. The first-order valence-corrected chi connectivity index (χ1v) is 17.4. The molecule has 46 heavy (non-hydrogen) atoms. The number of amides is 3. The van der Waals surface area contributed by atoms with Gasteiger partial charge in [0.05, 0.1) is 6.61 Å². The van der Waals surface area contributed by atoms with Crippen LogP contribution in [0, 0.1) is 0 Å². The molecule has 0 spiro atoms. The summed E-state index contributed by atoms with van der Waals surface area (Å²) in [6, 6.07) is 5.54. The summed E-state index contributed by atoms with van der Waals surface area (Å²) in [4.78, 5) is 75.1. The minimum absolute atomic E-state index is 0.0407. The zero-order chi connectivity index (χ0) is 34.3. The fourth-order valence-corrected chi connectivity index (χ4v) is 9.96. The van der Waals surface area contributed by atoms with Gasteiger partial charge in [-0.3, -0.25) is 14.4 Å². The summed E-state index contributed by atoms with van der Waals surface area (Å²) in [5.74, 6) is -2.53. The van der Waals surface area contributed by atoms with E-state index in [1.807, 2.05) is 19.9 Å². The Bertz CT molecular complexity index is 1400. The van der Waals surface area contributed by atoms with E-state index in [-0.39, 0.29) is 26.6 Å². The number of carboxylic acid groups (broad SMARTS) is 1. The van der Waals surface area contributed by atoms with E-state index in [1.165, 1.54) is 28.5 Å². The average molecular weight is 793 g/mol. The number of halogens is 1. The Morgan fingerprint density at radius 2 is 1.54 bits per heavy atom. The van der Waals surface area contributed by atoms with Crippen LogP contribution in [0.1, 0.15) is 53.1 Å². The van der Waals surface area contributed by atoms with Crippen molar-refractivity contribution in [1.82, 2.24) is 15.1 Å². The van der Waals surface area contributed by atoms with Crippen molar-refractivity contribution in [3.8, 4) is 0 Å². The summed E-state index contributed by atoms with van der Waals surface area (Å²) < 4.78 is 13.6. The predicted molar refractivity (Wildman–Crippen MR) is 177 cm³/mol. The molecule has 0 aliphatic carbocycles. The topological polar surface area (TPSA) is 195 Å². The number of hydrogen-bond donors (Lipinski definition) is 3. The zero-order valence-corrected chi connectivity index (χ0v) is 29.8. The van der Waals surface area contributed by atoms with Crippen LogP contribution >= 0.6 is 46.1 Å². The maximum atomic E-state index is 12.8. The van der Waals surface area contributed by atoms with E-state index < -0.39 is 70.5 Å². The van der Waals surface area contributed by atoms with E-state index in [4.69, 9.17) is 20.3 Å². The number of carbonyl (C=O) groups excluding carboxylic acids is 5. The quantitative estimate of drug-likeness (QED) is 0.114. The highest BCUT2D eigenvalue weighted by Gasteiger charge is 2.65. The molecule has 8 atom stereocenters. The van der Waals surface area contributed by atoms with E-state index in [1.54, 1.807) is 56.8 Å². The molecule has 4 fully saturated rings. The van der Waals surface area contributed by atoms with Crippen molar-refractivity contribution in [3.63, 3.8) is 0 Å². The lowest BCUT2D eigenvalue weighted by atomic mass is 9.95. The Morgan fingerprint density at radius 1 is 0.978 bits per heavy atom.